The Morgan fingerprint density at radius 2 is 2.31 bits per heavy atom. The zero-order chi connectivity index (χ0) is 11.7. The lowest BCUT2D eigenvalue weighted by molar-refractivity contribution is 0.236. The van der Waals surface area contributed by atoms with Crippen molar-refractivity contribution in [2.75, 3.05) is 13.1 Å². The second-order valence-corrected chi connectivity index (χ2v) is 4.49. The van der Waals surface area contributed by atoms with Gasteiger partial charge >= 0.3 is 6.03 Å². The quantitative estimate of drug-likeness (QED) is 0.734. The molecule has 0 saturated carbocycles. The maximum absolute atomic E-state index is 12.0. The van der Waals surface area contributed by atoms with E-state index >= 15 is 0 Å². The SMILES string of the molecule is Cc1cn(C(=O)NC2CNCC2C)c(C)n1. The van der Waals surface area contributed by atoms with Gasteiger partial charge in [-0.1, -0.05) is 6.92 Å². The molecule has 1 aromatic rings. The van der Waals surface area contributed by atoms with E-state index in [0.29, 0.717) is 5.92 Å². The maximum Gasteiger partial charge on any atom is 0.327 e. The Bertz CT molecular complexity index is 399. The number of hydrogen-bond donors (Lipinski definition) is 2. The first-order chi connectivity index (χ1) is 7.58. The first kappa shape index (κ1) is 11.1. The Kier molecular flexibility index (Phi) is 2.96. The summed E-state index contributed by atoms with van der Waals surface area (Å²) < 4.78 is 1.57. The van der Waals surface area contributed by atoms with Crippen molar-refractivity contribution < 1.29 is 4.79 Å². The van der Waals surface area contributed by atoms with Crippen LogP contribution in [0.3, 0.4) is 0 Å². The second-order valence-electron chi connectivity index (χ2n) is 4.49. The van der Waals surface area contributed by atoms with Crippen LogP contribution in [0.15, 0.2) is 6.20 Å². The molecular weight excluding hydrogens is 204 g/mol. The van der Waals surface area contributed by atoms with Crippen LogP contribution in [-0.4, -0.2) is 34.7 Å². The van der Waals surface area contributed by atoms with Crippen molar-refractivity contribution in [2.45, 2.75) is 26.8 Å². The largest absolute Gasteiger partial charge is 0.333 e. The van der Waals surface area contributed by atoms with E-state index in [-0.39, 0.29) is 12.1 Å². The number of rotatable bonds is 1. The number of aromatic nitrogens is 2. The number of hydrogen-bond acceptors (Lipinski definition) is 3. The van der Waals surface area contributed by atoms with Gasteiger partial charge in [0.1, 0.15) is 5.82 Å². The second kappa shape index (κ2) is 4.25. The molecule has 2 heterocycles. The van der Waals surface area contributed by atoms with Crippen LogP contribution in [0.25, 0.3) is 0 Å². The lowest BCUT2D eigenvalue weighted by Gasteiger charge is -2.16. The summed E-state index contributed by atoms with van der Waals surface area (Å²) in [6.45, 7) is 7.67. The van der Waals surface area contributed by atoms with Crippen molar-refractivity contribution in [3.8, 4) is 0 Å². The summed E-state index contributed by atoms with van der Waals surface area (Å²) >= 11 is 0. The normalized spacial score (nSPS) is 24.7. The minimum absolute atomic E-state index is 0.0846. The average Bonchev–Trinajstić information content (AvgIpc) is 2.74. The summed E-state index contributed by atoms with van der Waals surface area (Å²) in [6, 6.07) is 0.133. The molecule has 2 unspecified atom stereocenters. The van der Waals surface area contributed by atoms with Crippen molar-refractivity contribution in [2.24, 2.45) is 5.92 Å². The van der Waals surface area contributed by atoms with E-state index in [4.69, 9.17) is 0 Å². The molecule has 1 aliphatic rings. The Labute approximate surface area is 95.2 Å². The predicted octanol–water partition coefficient (Wildman–Crippen LogP) is 0.666. The van der Waals surface area contributed by atoms with E-state index in [1.165, 1.54) is 0 Å². The zero-order valence-corrected chi connectivity index (χ0v) is 9.95. The fraction of sp³-hybridized carbons (Fsp3) is 0.636. The van der Waals surface area contributed by atoms with Crippen LogP contribution in [0.5, 0.6) is 0 Å². The fourth-order valence-electron chi connectivity index (χ4n) is 2.06. The molecule has 1 aromatic heterocycles. The van der Waals surface area contributed by atoms with Crippen molar-refractivity contribution in [1.82, 2.24) is 20.2 Å². The molecule has 2 atom stereocenters. The minimum atomic E-state index is -0.0846. The highest BCUT2D eigenvalue weighted by Gasteiger charge is 2.25. The van der Waals surface area contributed by atoms with Crippen LogP contribution in [-0.2, 0) is 0 Å². The number of carbonyl (C=O) groups is 1. The Balaban J connectivity index is 2.05. The fourth-order valence-corrected chi connectivity index (χ4v) is 2.06. The third-order valence-electron chi connectivity index (χ3n) is 3.05. The van der Waals surface area contributed by atoms with E-state index in [9.17, 15) is 4.79 Å². The van der Waals surface area contributed by atoms with Gasteiger partial charge < -0.3 is 10.6 Å². The molecule has 1 fully saturated rings. The Morgan fingerprint density at radius 1 is 1.56 bits per heavy atom. The highest BCUT2D eigenvalue weighted by atomic mass is 16.2. The van der Waals surface area contributed by atoms with Gasteiger partial charge in [0.15, 0.2) is 0 Å². The van der Waals surface area contributed by atoms with Gasteiger partial charge in [0, 0.05) is 18.8 Å². The molecular formula is C11H18N4O. The van der Waals surface area contributed by atoms with Gasteiger partial charge in [-0.2, -0.15) is 0 Å². The number of amides is 1. The standard InChI is InChI=1S/C11H18N4O/c1-7-4-12-5-10(7)14-11(16)15-6-8(2)13-9(15)3/h6-7,10,12H,4-5H2,1-3H3,(H,14,16). The Morgan fingerprint density at radius 3 is 2.81 bits per heavy atom. The van der Waals surface area contributed by atoms with Crippen LogP contribution in [0.1, 0.15) is 18.4 Å². The number of imidazole rings is 1. The lowest BCUT2D eigenvalue weighted by Crippen LogP contribution is -2.41. The summed E-state index contributed by atoms with van der Waals surface area (Å²) in [4.78, 5) is 16.2. The minimum Gasteiger partial charge on any atom is -0.333 e. The van der Waals surface area contributed by atoms with Gasteiger partial charge in [-0.05, 0) is 26.3 Å². The van der Waals surface area contributed by atoms with E-state index < -0.39 is 0 Å². The molecule has 0 aliphatic carbocycles. The number of nitrogens with one attached hydrogen (secondary N) is 2. The summed E-state index contributed by atoms with van der Waals surface area (Å²) in [5.74, 6) is 1.21. The van der Waals surface area contributed by atoms with Crippen molar-refractivity contribution >= 4 is 6.03 Å². The van der Waals surface area contributed by atoms with E-state index in [1.54, 1.807) is 10.8 Å². The van der Waals surface area contributed by atoms with Gasteiger partial charge in [-0.3, -0.25) is 4.57 Å². The third kappa shape index (κ3) is 2.09. The highest BCUT2D eigenvalue weighted by Crippen LogP contribution is 2.08. The molecule has 0 radical (unpaired) electrons. The van der Waals surface area contributed by atoms with Crippen LogP contribution >= 0.6 is 0 Å². The van der Waals surface area contributed by atoms with Crippen molar-refractivity contribution in [3.63, 3.8) is 0 Å². The van der Waals surface area contributed by atoms with E-state index in [2.05, 4.69) is 22.5 Å². The van der Waals surface area contributed by atoms with Gasteiger partial charge in [0.05, 0.1) is 5.69 Å². The summed E-state index contributed by atoms with van der Waals surface area (Å²) in [7, 11) is 0. The van der Waals surface area contributed by atoms with E-state index in [0.717, 1.165) is 24.6 Å². The first-order valence-corrected chi connectivity index (χ1v) is 5.62. The first-order valence-electron chi connectivity index (χ1n) is 5.62. The van der Waals surface area contributed by atoms with Crippen molar-refractivity contribution in [1.29, 1.82) is 0 Å². The molecule has 1 saturated heterocycles. The van der Waals surface area contributed by atoms with Crippen molar-refractivity contribution in [3.05, 3.63) is 17.7 Å². The maximum atomic E-state index is 12.0. The number of nitrogens with zero attached hydrogens (tertiary/aromatic N) is 2. The molecule has 0 bridgehead atoms. The molecule has 5 nitrogen and oxygen atoms in total. The van der Waals surface area contributed by atoms with Gasteiger partial charge in [0.25, 0.3) is 0 Å². The molecule has 5 heteroatoms. The zero-order valence-electron chi connectivity index (χ0n) is 9.95. The topological polar surface area (TPSA) is 59.0 Å². The monoisotopic (exact) mass is 222 g/mol. The number of carbonyl (C=O) groups excluding carboxylic acids is 1. The molecule has 0 aromatic carbocycles. The van der Waals surface area contributed by atoms with Gasteiger partial charge in [0.2, 0.25) is 0 Å². The van der Waals surface area contributed by atoms with Gasteiger partial charge in [-0.25, -0.2) is 9.78 Å². The molecule has 88 valence electrons. The molecule has 2 rings (SSSR count). The number of aryl methyl sites for hydroxylation is 2. The molecule has 2 N–H and O–H groups in total. The smallest absolute Gasteiger partial charge is 0.327 e. The van der Waals surface area contributed by atoms with Gasteiger partial charge in [-0.15, -0.1) is 0 Å². The molecule has 0 spiro atoms. The van der Waals surface area contributed by atoms with E-state index in [1.807, 2.05) is 13.8 Å². The average molecular weight is 222 g/mol. The summed E-state index contributed by atoms with van der Waals surface area (Å²) in [6.07, 6.45) is 1.76. The third-order valence-corrected chi connectivity index (χ3v) is 3.05. The molecule has 16 heavy (non-hydrogen) atoms. The van der Waals surface area contributed by atoms with Crippen LogP contribution in [0, 0.1) is 19.8 Å². The summed E-state index contributed by atoms with van der Waals surface area (Å²) in [5.41, 5.74) is 0.866. The van der Waals surface area contributed by atoms with Crippen LogP contribution < -0.4 is 10.6 Å². The predicted molar refractivity (Wildman–Crippen MR) is 61.5 cm³/mol. The molecule has 1 aliphatic heterocycles. The van der Waals surface area contributed by atoms with Crippen LogP contribution in [0.4, 0.5) is 4.79 Å². The Hall–Kier alpha value is -1.36. The lowest BCUT2D eigenvalue weighted by atomic mass is 10.1. The molecule has 1 amide bonds. The highest BCUT2D eigenvalue weighted by molar-refractivity contribution is 5.77. The van der Waals surface area contributed by atoms with Crippen LogP contribution in [0.2, 0.25) is 0 Å². The summed E-state index contributed by atoms with van der Waals surface area (Å²) in [5, 5.41) is 6.28.